The molecule has 7 heteroatoms. The molecule has 0 saturated heterocycles. The second kappa shape index (κ2) is 8.77. The molecular formula is C22H24N4O3. The Balaban J connectivity index is 1.15. The normalized spacial score (nSPS) is 17.2. The second-order valence-corrected chi connectivity index (χ2v) is 7.12. The maximum atomic E-state index is 12.0. The molecule has 3 aliphatic rings. The smallest absolute Gasteiger partial charge is 0.220 e. The van der Waals surface area contributed by atoms with E-state index in [1.54, 1.807) is 6.21 Å². The van der Waals surface area contributed by atoms with Gasteiger partial charge in [0.2, 0.25) is 5.91 Å². The van der Waals surface area contributed by atoms with Crippen LogP contribution < -0.4 is 10.6 Å². The molecule has 1 amide bonds. The molecule has 0 bridgehead atoms. The van der Waals surface area contributed by atoms with Crippen LogP contribution in [0, 0.1) is 0 Å². The SMILES string of the molecule is O=C(CCCCOC1=CC2=CNC3=C(N=CCC3=O)N2C1)NCc1ccccc1. The minimum Gasteiger partial charge on any atom is -0.496 e. The lowest BCUT2D eigenvalue weighted by atomic mass is 10.1. The summed E-state index contributed by atoms with van der Waals surface area (Å²) < 4.78 is 5.87. The first-order chi connectivity index (χ1) is 14.2. The summed E-state index contributed by atoms with van der Waals surface area (Å²) in [4.78, 5) is 30.3. The summed E-state index contributed by atoms with van der Waals surface area (Å²) in [6.07, 6.45) is 7.81. The number of nitrogens with zero attached hydrogens (tertiary/aromatic N) is 2. The van der Waals surface area contributed by atoms with Crippen LogP contribution in [0.5, 0.6) is 0 Å². The van der Waals surface area contributed by atoms with Crippen molar-refractivity contribution in [2.75, 3.05) is 13.2 Å². The topological polar surface area (TPSA) is 83.0 Å². The third-order valence-electron chi connectivity index (χ3n) is 4.97. The summed E-state index contributed by atoms with van der Waals surface area (Å²) in [5.74, 6) is 1.60. The zero-order valence-electron chi connectivity index (χ0n) is 16.2. The molecule has 0 spiro atoms. The summed E-state index contributed by atoms with van der Waals surface area (Å²) in [7, 11) is 0. The molecule has 2 N–H and O–H groups in total. The molecule has 7 nitrogen and oxygen atoms in total. The Bertz CT molecular complexity index is 915. The molecule has 4 rings (SSSR count). The van der Waals surface area contributed by atoms with Gasteiger partial charge in [-0.15, -0.1) is 0 Å². The second-order valence-electron chi connectivity index (χ2n) is 7.12. The number of fused-ring (bicyclic) bond motifs is 2. The summed E-state index contributed by atoms with van der Waals surface area (Å²) in [6.45, 7) is 1.68. The Hall–Kier alpha value is -3.35. The number of amides is 1. The van der Waals surface area contributed by atoms with Crippen molar-refractivity contribution in [1.29, 1.82) is 0 Å². The number of nitrogens with one attached hydrogen (secondary N) is 2. The molecule has 3 aliphatic heterocycles. The van der Waals surface area contributed by atoms with Crippen LogP contribution in [0.25, 0.3) is 0 Å². The third kappa shape index (κ3) is 4.56. The van der Waals surface area contributed by atoms with Crippen LogP contribution in [-0.4, -0.2) is 36.0 Å². The zero-order chi connectivity index (χ0) is 20.1. The molecule has 0 saturated carbocycles. The first-order valence-corrected chi connectivity index (χ1v) is 9.89. The van der Waals surface area contributed by atoms with E-state index in [1.807, 2.05) is 47.5 Å². The fourth-order valence-corrected chi connectivity index (χ4v) is 3.42. The van der Waals surface area contributed by atoms with Crippen molar-refractivity contribution >= 4 is 17.9 Å². The van der Waals surface area contributed by atoms with E-state index in [0.29, 0.717) is 44.1 Å². The molecular weight excluding hydrogens is 368 g/mol. The van der Waals surface area contributed by atoms with E-state index in [0.717, 1.165) is 29.9 Å². The molecule has 1 aromatic carbocycles. The van der Waals surface area contributed by atoms with Crippen LogP contribution in [-0.2, 0) is 20.9 Å². The summed E-state index contributed by atoms with van der Waals surface area (Å²) in [5.41, 5.74) is 2.58. The van der Waals surface area contributed by atoms with Gasteiger partial charge in [-0.05, 0) is 18.4 Å². The fourth-order valence-electron chi connectivity index (χ4n) is 3.42. The molecule has 150 valence electrons. The Kier molecular flexibility index (Phi) is 5.74. The lowest BCUT2D eigenvalue weighted by molar-refractivity contribution is -0.121. The maximum absolute atomic E-state index is 12.0. The predicted molar refractivity (Wildman–Crippen MR) is 109 cm³/mol. The van der Waals surface area contributed by atoms with Crippen LogP contribution in [0.3, 0.4) is 0 Å². The number of allylic oxidation sites excluding steroid dienone is 2. The van der Waals surface area contributed by atoms with Crippen LogP contribution in [0.2, 0.25) is 0 Å². The number of rotatable bonds is 8. The van der Waals surface area contributed by atoms with Gasteiger partial charge in [-0.2, -0.15) is 0 Å². The van der Waals surface area contributed by atoms with Gasteiger partial charge in [0.1, 0.15) is 11.5 Å². The lowest BCUT2D eigenvalue weighted by Gasteiger charge is -2.28. The molecule has 0 fully saturated rings. The predicted octanol–water partition coefficient (Wildman–Crippen LogP) is 2.35. The van der Waals surface area contributed by atoms with Crippen molar-refractivity contribution in [3.05, 3.63) is 71.1 Å². The van der Waals surface area contributed by atoms with Crippen molar-refractivity contribution < 1.29 is 14.3 Å². The van der Waals surface area contributed by atoms with Gasteiger partial charge in [0.05, 0.1) is 18.8 Å². The molecule has 0 unspecified atom stereocenters. The van der Waals surface area contributed by atoms with E-state index in [4.69, 9.17) is 4.74 Å². The molecule has 0 aromatic heterocycles. The number of Topliss-reactive ketones (excluding diaryl/α,β-unsaturated/α-hetero) is 1. The third-order valence-corrected chi connectivity index (χ3v) is 4.97. The van der Waals surface area contributed by atoms with Gasteiger partial charge in [-0.25, -0.2) is 4.99 Å². The van der Waals surface area contributed by atoms with Crippen molar-refractivity contribution in [2.45, 2.75) is 32.2 Å². The highest BCUT2D eigenvalue weighted by Gasteiger charge is 2.31. The number of benzene rings is 1. The van der Waals surface area contributed by atoms with E-state index < -0.39 is 0 Å². The number of hydrogen-bond donors (Lipinski definition) is 2. The van der Waals surface area contributed by atoms with Crippen LogP contribution in [0.15, 0.2) is 70.6 Å². The quantitative estimate of drug-likeness (QED) is 0.664. The largest absolute Gasteiger partial charge is 0.496 e. The number of carbonyl (C=O) groups excluding carboxylic acids is 2. The minimum absolute atomic E-state index is 0.0465. The first-order valence-electron chi connectivity index (χ1n) is 9.89. The van der Waals surface area contributed by atoms with Gasteiger partial charge in [-0.3, -0.25) is 9.59 Å². The van der Waals surface area contributed by atoms with E-state index in [-0.39, 0.29) is 11.7 Å². The van der Waals surface area contributed by atoms with E-state index in [1.165, 1.54) is 0 Å². The molecule has 29 heavy (non-hydrogen) atoms. The van der Waals surface area contributed by atoms with Gasteiger partial charge in [0, 0.05) is 37.9 Å². The standard InChI is InChI=1S/C22H24N4O3/c27-19-9-10-23-22-21(19)25-14-17-12-18(15-26(17)22)29-11-5-4-8-20(28)24-13-16-6-2-1-3-7-16/h1-3,6-7,10,12,14,25H,4-5,8-9,11,13,15H2,(H,24,28). The Morgan fingerprint density at radius 2 is 2.10 bits per heavy atom. The highest BCUT2D eigenvalue weighted by molar-refractivity contribution is 6.05. The van der Waals surface area contributed by atoms with E-state index in [9.17, 15) is 9.59 Å². The fraction of sp³-hybridized carbons (Fsp3) is 0.318. The molecule has 3 heterocycles. The summed E-state index contributed by atoms with van der Waals surface area (Å²) >= 11 is 0. The molecule has 0 radical (unpaired) electrons. The van der Waals surface area contributed by atoms with Crippen LogP contribution >= 0.6 is 0 Å². The lowest BCUT2D eigenvalue weighted by Crippen LogP contribution is -2.33. The summed E-state index contributed by atoms with van der Waals surface area (Å²) in [5, 5.41) is 5.98. The van der Waals surface area contributed by atoms with Gasteiger partial charge in [-0.1, -0.05) is 30.3 Å². The number of ketones is 1. The highest BCUT2D eigenvalue weighted by atomic mass is 16.5. The first kappa shape index (κ1) is 19.0. The Morgan fingerprint density at radius 1 is 1.24 bits per heavy atom. The van der Waals surface area contributed by atoms with Crippen molar-refractivity contribution in [1.82, 2.24) is 15.5 Å². The maximum Gasteiger partial charge on any atom is 0.220 e. The van der Waals surface area contributed by atoms with Crippen molar-refractivity contribution in [3.63, 3.8) is 0 Å². The van der Waals surface area contributed by atoms with Crippen LogP contribution in [0.1, 0.15) is 31.2 Å². The van der Waals surface area contributed by atoms with Gasteiger partial charge >= 0.3 is 0 Å². The van der Waals surface area contributed by atoms with E-state index in [2.05, 4.69) is 15.6 Å². The Morgan fingerprint density at radius 3 is 2.97 bits per heavy atom. The van der Waals surface area contributed by atoms with Crippen molar-refractivity contribution in [2.24, 2.45) is 4.99 Å². The van der Waals surface area contributed by atoms with Crippen molar-refractivity contribution in [3.8, 4) is 0 Å². The number of hydrogen-bond acceptors (Lipinski definition) is 6. The number of ether oxygens (including phenoxy) is 1. The van der Waals surface area contributed by atoms with Crippen LogP contribution in [0.4, 0.5) is 0 Å². The van der Waals surface area contributed by atoms with Gasteiger partial charge < -0.3 is 20.3 Å². The summed E-state index contributed by atoms with van der Waals surface area (Å²) in [6, 6.07) is 9.88. The van der Waals surface area contributed by atoms with Gasteiger partial charge in [0.15, 0.2) is 11.6 Å². The highest BCUT2D eigenvalue weighted by Crippen LogP contribution is 2.31. The number of unbranched alkanes of at least 4 members (excludes halogenated alkanes) is 1. The molecule has 0 atom stereocenters. The zero-order valence-corrected chi connectivity index (χ0v) is 16.2. The monoisotopic (exact) mass is 392 g/mol. The Labute approximate surface area is 169 Å². The average Bonchev–Trinajstić information content (AvgIpc) is 3.16. The van der Waals surface area contributed by atoms with Gasteiger partial charge in [0.25, 0.3) is 0 Å². The van der Waals surface area contributed by atoms with E-state index >= 15 is 0 Å². The molecule has 1 aromatic rings. The average molecular weight is 392 g/mol. The number of carbonyl (C=O) groups is 2. The molecule has 0 aliphatic carbocycles. The minimum atomic E-state index is 0.0465. The number of aliphatic imine (C=N–C) groups is 1.